The number of amides is 2. The molecule has 2 aromatic carbocycles. The van der Waals surface area contributed by atoms with E-state index in [1.54, 1.807) is 13.2 Å². The van der Waals surface area contributed by atoms with Crippen LogP contribution in [-0.4, -0.2) is 86.2 Å². The van der Waals surface area contributed by atoms with Gasteiger partial charge in [0.15, 0.2) is 0 Å². The third-order valence-electron chi connectivity index (χ3n) is 6.31. The van der Waals surface area contributed by atoms with Gasteiger partial charge in [0.2, 0.25) is 0 Å². The second-order valence-electron chi connectivity index (χ2n) is 8.42. The van der Waals surface area contributed by atoms with E-state index in [0.29, 0.717) is 56.4 Å². The lowest BCUT2D eigenvalue weighted by Crippen LogP contribution is -2.49. The number of carbonyl (C=O) groups excluding carboxylic acids is 1. The number of amidine groups is 1. The summed E-state index contributed by atoms with van der Waals surface area (Å²) in [6, 6.07) is 15.9. The summed E-state index contributed by atoms with van der Waals surface area (Å²) < 4.78 is 10.9. The molecule has 2 saturated heterocycles. The predicted molar refractivity (Wildman–Crippen MR) is 131 cm³/mol. The second kappa shape index (κ2) is 11.0. The van der Waals surface area contributed by atoms with E-state index < -0.39 is 0 Å². The number of morpholine rings is 1. The molecule has 2 aliphatic rings. The number of benzene rings is 2. The summed E-state index contributed by atoms with van der Waals surface area (Å²) in [6.07, 6.45) is 0.863. The fourth-order valence-electron chi connectivity index (χ4n) is 4.40. The molecular weight excluding hydrogens is 430 g/mol. The number of methoxy groups -OCH3 is 1. The lowest BCUT2D eigenvalue weighted by atomic mass is 9.98. The molecule has 8 nitrogen and oxygen atoms in total. The van der Waals surface area contributed by atoms with Gasteiger partial charge in [-0.15, -0.1) is 0 Å². The van der Waals surface area contributed by atoms with E-state index in [1.807, 2.05) is 53.1 Å². The summed E-state index contributed by atoms with van der Waals surface area (Å²) in [5.74, 6) is 1.48. The van der Waals surface area contributed by atoms with Crippen LogP contribution in [0.2, 0.25) is 0 Å². The van der Waals surface area contributed by atoms with E-state index in [1.165, 1.54) is 0 Å². The minimum Gasteiger partial charge on any atom is -0.497 e. The number of nitrogens with zero attached hydrogens (tertiary/aromatic N) is 5. The Balaban J connectivity index is 1.55. The number of urea groups is 1. The summed E-state index contributed by atoms with van der Waals surface area (Å²) in [5.41, 5.74) is 2.85. The molecule has 2 aromatic rings. The van der Waals surface area contributed by atoms with Crippen LogP contribution in [0, 0.1) is 11.3 Å². The molecule has 0 bridgehead atoms. The van der Waals surface area contributed by atoms with Crippen molar-refractivity contribution in [3.05, 3.63) is 48.0 Å². The molecule has 0 saturated carbocycles. The molecule has 2 heterocycles. The van der Waals surface area contributed by atoms with E-state index >= 15 is 0 Å². The number of hydrogen-bond donors (Lipinski definition) is 0. The summed E-state index contributed by atoms with van der Waals surface area (Å²) in [5, 5.41) is 9.98. The van der Waals surface area contributed by atoms with Crippen molar-refractivity contribution in [3.63, 3.8) is 0 Å². The first-order valence-corrected chi connectivity index (χ1v) is 11.7. The van der Waals surface area contributed by atoms with Crippen LogP contribution in [0.25, 0.3) is 11.1 Å². The Morgan fingerprint density at radius 2 is 1.68 bits per heavy atom. The average molecular weight is 462 g/mol. The highest BCUT2D eigenvalue weighted by molar-refractivity contribution is 5.86. The lowest BCUT2D eigenvalue weighted by molar-refractivity contribution is 0.0437. The van der Waals surface area contributed by atoms with E-state index in [2.05, 4.69) is 11.0 Å². The Morgan fingerprint density at radius 3 is 2.38 bits per heavy atom. The van der Waals surface area contributed by atoms with Gasteiger partial charge in [-0.05, 0) is 25.0 Å². The number of aliphatic imine (C=N–C) groups is 1. The van der Waals surface area contributed by atoms with E-state index in [-0.39, 0.29) is 6.03 Å². The van der Waals surface area contributed by atoms with Crippen LogP contribution in [0.15, 0.2) is 47.5 Å². The van der Waals surface area contributed by atoms with Crippen molar-refractivity contribution < 1.29 is 14.3 Å². The van der Waals surface area contributed by atoms with Crippen molar-refractivity contribution in [3.8, 4) is 22.9 Å². The molecule has 0 spiro atoms. The Bertz CT molecular complexity index is 1070. The third-order valence-corrected chi connectivity index (χ3v) is 6.31. The quantitative estimate of drug-likeness (QED) is 0.514. The Hall–Kier alpha value is -3.57. The molecular formula is C26H31N5O3. The minimum absolute atomic E-state index is 0.0896. The molecule has 178 valence electrons. The number of nitriles is 1. The number of rotatable bonds is 3. The van der Waals surface area contributed by atoms with Crippen LogP contribution in [0.5, 0.6) is 5.75 Å². The van der Waals surface area contributed by atoms with Gasteiger partial charge >= 0.3 is 6.03 Å². The second-order valence-corrected chi connectivity index (χ2v) is 8.42. The molecule has 4 rings (SSSR count). The molecule has 0 unspecified atom stereocenters. The first-order valence-electron chi connectivity index (χ1n) is 11.7. The molecule has 0 atom stereocenters. The highest BCUT2D eigenvalue weighted by Gasteiger charge is 2.25. The molecule has 34 heavy (non-hydrogen) atoms. The smallest absolute Gasteiger partial charge is 0.320 e. The van der Waals surface area contributed by atoms with Gasteiger partial charge in [-0.25, -0.2) is 9.79 Å². The van der Waals surface area contributed by atoms with Gasteiger partial charge < -0.3 is 24.2 Å². The van der Waals surface area contributed by atoms with Gasteiger partial charge in [-0.1, -0.05) is 30.3 Å². The molecule has 2 fully saturated rings. The Labute approximate surface area is 201 Å². The predicted octanol–water partition coefficient (Wildman–Crippen LogP) is 3.74. The fourth-order valence-corrected chi connectivity index (χ4v) is 4.40. The van der Waals surface area contributed by atoms with Crippen LogP contribution >= 0.6 is 0 Å². The van der Waals surface area contributed by atoms with Crippen molar-refractivity contribution in [2.45, 2.75) is 13.3 Å². The summed E-state index contributed by atoms with van der Waals surface area (Å²) >= 11 is 0. The zero-order valence-corrected chi connectivity index (χ0v) is 19.9. The third kappa shape index (κ3) is 5.32. The molecule has 8 heteroatoms. The van der Waals surface area contributed by atoms with Crippen molar-refractivity contribution in [1.29, 1.82) is 5.26 Å². The van der Waals surface area contributed by atoms with Gasteiger partial charge in [0.25, 0.3) is 0 Å². The molecule has 0 aromatic heterocycles. The monoisotopic (exact) mass is 461 g/mol. The van der Waals surface area contributed by atoms with Gasteiger partial charge in [0.05, 0.1) is 31.6 Å². The van der Waals surface area contributed by atoms with E-state index in [9.17, 15) is 10.1 Å². The first-order chi connectivity index (χ1) is 16.6. The maximum Gasteiger partial charge on any atom is 0.320 e. The Kier molecular flexibility index (Phi) is 7.65. The van der Waals surface area contributed by atoms with Gasteiger partial charge in [0, 0.05) is 50.9 Å². The zero-order chi connectivity index (χ0) is 23.9. The highest BCUT2D eigenvalue weighted by Crippen LogP contribution is 2.35. The molecule has 0 N–H and O–H groups in total. The molecule has 2 aliphatic heterocycles. The van der Waals surface area contributed by atoms with Gasteiger partial charge in [-0.3, -0.25) is 0 Å². The molecule has 0 radical (unpaired) electrons. The number of carbonyl (C=O) groups is 1. The van der Waals surface area contributed by atoms with Crippen molar-refractivity contribution in [1.82, 2.24) is 14.7 Å². The Morgan fingerprint density at radius 1 is 1.00 bits per heavy atom. The number of ether oxygens (including phenoxy) is 2. The topological polar surface area (TPSA) is 81.4 Å². The van der Waals surface area contributed by atoms with Crippen molar-refractivity contribution >= 4 is 17.6 Å². The number of hydrogen-bond acceptors (Lipinski definition) is 5. The minimum atomic E-state index is 0.0896. The first kappa shape index (κ1) is 23.6. The largest absolute Gasteiger partial charge is 0.497 e. The van der Waals surface area contributed by atoms with Crippen LogP contribution in [-0.2, 0) is 4.74 Å². The van der Waals surface area contributed by atoms with E-state index in [0.717, 1.165) is 36.5 Å². The maximum atomic E-state index is 12.9. The van der Waals surface area contributed by atoms with Gasteiger partial charge in [-0.2, -0.15) is 5.26 Å². The van der Waals surface area contributed by atoms with Crippen LogP contribution in [0.3, 0.4) is 0 Å². The standard InChI is InChI=1S/C26H31N5O3/c1-20(29-9-6-10-30(12-11-29)26(32)31-13-15-34-16-14-31)28-25-18-22(33-2)17-23(24(25)19-27)21-7-4-3-5-8-21/h3-5,7-8,17-18H,6,9-16H2,1-2H3. The summed E-state index contributed by atoms with van der Waals surface area (Å²) in [4.78, 5) is 23.8. The summed E-state index contributed by atoms with van der Waals surface area (Å²) in [6.45, 7) is 7.33. The lowest BCUT2D eigenvalue weighted by Gasteiger charge is -2.32. The normalized spacial score (nSPS) is 17.2. The molecule has 0 aliphatic carbocycles. The van der Waals surface area contributed by atoms with Crippen molar-refractivity contribution in [2.75, 3.05) is 59.6 Å². The SMILES string of the molecule is COc1cc(N=C(C)N2CCCN(C(=O)N3CCOCC3)CC2)c(C#N)c(-c2ccccc2)c1. The van der Waals surface area contributed by atoms with Crippen molar-refractivity contribution in [2.24, 2.45) is 4.99 Å². The fraction of sp³-hybridized carbons (Fsp3) is 0.423. The molecule has 2 amide bonds. The summed E-state index contributed by atoms with van der Waals surface area (Å²) in [7, 11) is 1.62. The zero-order valence-electron chi connectivity index (χ0n) is 19.9. The van der Waals surface area contributed by atoms with Crippen LogP contribution < -0.4 is 4.74 Å². The van der Waals surface area contributed by atoms with Gasteiger partial charge in [0.1, 0.15) is 17.7 Å². The van der Waals surface area contributed by atoms with Crippen LogP contribution in [0.4, 0.5) is 10.5 Å². The van der Waals surface area contributed by atoms with E-state index in [4.69, 9.17) is 14.5 Å². The highest BCUT2D eigenvalue weighted by atomic mass is 16.5. The maximum absolute atomic E-state index is 12.9. The van der Waals surface area contributed by atoms with Crippen LogP contribution in [0.1, 0.15) is 18.9 Å². The average Bonchev–Trinajstić information content (AvgIpc) is 3.15.